The molecular formula is C13H13FN2O. The predicted octanol–water partition coefficient (Wildman–Crippen LogP) is 2.67. The number of nitrogen functional groups attached to an aromatic ring is 2. The second kappa shape index (κ2) is 4.33. The van der Waals surface area contributed by atoms with E-state index in [0.717, 1.165) is 0 Å². The highest BCUT2D eigenvalue weighted by molar-refractivity contribution is 5.84. The topological polar surface area (TPSA) is 61.3 Å². The minimum absolute atomic E-state index is 0.386. The number of para-hydroxylation sites is 1. The largest absolute Gasteiger partial charge is 0.497 e. The highest BCUT2D eigenvalue weighted by Gasteiger charge is 2.10. The lowest BCUT2D eigenvalue weighted by molar-refractivity contribution is 0.411. The van der Waals surface area contributed by atoms with Gasteiger partial charge in [0.05, 0.1) is 18.5 Å². The van der Waals surface area contributed by atoms with E-state index in [2.05, 4.69) is 0 Å². The van der Waals surface area contributed by atoms with Gasteiger partial charge in [-0.2, -0.15) is 0 Å². The van der Waals surface area contributed by atoms with Gasteiger partial charge in [-0.25, -0.2) is 4.39 Å². The quantitative estimate of drug-likeness (QED) is 0.782. The van der Waals surface area contributed by atoms with E-state index in [0.29, 0.717) is 28.3 Å². The lowest BCUT2D eigenvalue weighted by Crippen LogP contribution is -1.98. The number of rotatable bonds is 2. The first-order valence-electron chi connectivity index (χ1n) is 5.11. The minimum atomic E-state index is -0.387. The Morgan fingerprint density at radius 2 is 1.82 bits per heavy atom. The van der Waals surface area contributed by atoms with E-state index >= 15 is 0 Å². The van der Waals surface area contributed by atoms with Gasteiger partial charge in [0.1, 0.15) is 11.6 Å². The Kier molecular flexibility index (Phi) is 2.87. The molecule has 0 saturated carbocycles. The molecule has 0 heterocycles. The maximum atomic E-state index is 13.9. The first-order chi connectivity index (χ1) is 8.13. The van der Waals surface area contributed by atoms with Crippen LogP contribution in [0.3, 0.4) is 0 Å². The van der Waals surface area contributed by atoms with Crippen molar-refractivity contribution in [2.75, 3.05) is 18.6 Å². The molecule has 0 radical (unpaired) electrons. The molecule has 0 fully saturated rings. The zero-order valence-electron chi connectivity index (χ0n) is 9.41. The summed E-state index contributed by atoms with van der Waals surface area (Å²) in [5, 5.41) is 0. The van der Waals surface area contributed by atoms with E-state index in [-0.39, 0.29) is 5.82 Å². The molecule has 17 heavy (non-hydrogen) atoms. The summed E-state index contributed by atoms with van der Waals surface area (Å²) in [6, 6.07) is 9.78. The second-order valence-electron chi connectivity index (χ2n) is 3.65. The third-order valence-corrected chi connectivity index (χ3v) is 2.61. The summed E-state index contributed by atoms with van der Waals surface area (Å²) < 4.78 is 18.8. The van der Waals surface area contributed by atoms with E-state index in [1.807, 2.05) is 0 Å². The Morgan fingerprint density at radius 1 is 1.06 bits per heavy atom. The van der Waals surface area contributed by atoms with Crippen molar-refractivity contribution >= 4 is 11.4 Å². The van der Waals surface area contributed by atoms with Gasteiger partial charge in [-0.15, -0.1) is 0 Å². The zero-order chi connectivity index (χ0) is 12.4. The van der Waals surface area contributed by atoms with Crippen LogP contribution in [0.15, 0.2) is 36.4 Å². The molecule has 4 heteroatoms. The molecule has 0 bridgehead atoms. The summed E-state index contributed by atoms with van der Waals surface area (Å²) in [4.78, 5) is 0. The van der Waals surface area contributed by atoms with Crippen LogP contribution >= 0.6 is 0 Å². The van der Waals surface area contributed by atoms with Crippen molar-refractivity contribution in [3.8, 4) is 16.9 Å². The fourth-order valence-corrected chi connectivity index (χ4v) is 1.66. The van der Waals surface area contributed by atoms with Crippen molar-refractivity contribution in [1.29, 1.82) is 0 Å². The lowest BCUT2D eigenvalue weighted by Gasteiger charge is -2.10. The van der Waals surface area contributed by atoms with Crippen molar-refractivity contribution < 1.29 is 9.13 Å². The standard InChI is InChI=1S/C13H13FN2O/c1-17-8-5-6-9(11(14)7-8)10-3-2-4-12(15)13(10)16/h2-7H,15-16H2,1H3. The third kappa shape index (κ3) is 2.01. The van der Waals surface area contributed by atoms with Crippen molar-refractivity contribution in [2.24, 2.45) is 0 Å². The van der Waals surface area contributed by atoms with Gasteiger partial charge in [-0.05, 0) is 18.2 Å². The van der Waals surface area contributed by atoms with E-state index in [1.54, 1.807) is 30.3 Å². The maximum Gasteiger partial charge on any atom is 0.134 e. The molecule has 2 aromatic rings. The molecule has 0 atom stereocenters. The first-order valence-corrected chi connectivity index (χ1v) is 5.11. The maximum absolute atomic E-state index is 13.9. The molecule has 2 rings (SSSR count). The fraction of sp³-hybridized carbons (Fsp3) is 0.0769. The number of ether oxygens (including phenoxy) is 1. The van der Waals surface area contributed by atoms with E-state index in [9.17, 15) is 4.39 Å². The molecule has 88 valence electrons. The first kappa shape index (κ1) is 11.3. The van der Waals surface area contributed by atoms with Gasteiger partial charge in [0, 0.05) is 17.2 Å². The van der Waals surface area contributed by atoms with E-state index in [1.165, 1.54) is 13.2 Å². The number of anilines is 2. The Balaban J connectivity index is 2.57. The van der Waals surface area contributed by atoms with Crippen LogP contribution in [0.1, 0.15) is 0 Å². The molecule has 0 saturated heterocycles. The van der Waals surface area contributed by atoms with Crippen LogP contribution in [0.5, 0.6) is 5.75 Å². The van der Waals surface area contributed by atoms with Crippen LogP contribution in [0.2, 0.25) is 0 Å². The van der Waals surface area contributed by atoms with Crippen molar-refractivity contribution in [1.82, 2.24) is 0 Å². The van der Waals surface area contributed by atoms with Gasteiger partial charge in [0.25, 0.3) is 0 Å². The van der Waals surface area contributed by atoms with E-state index < -0.39 is 0 Å². The summed E-state index contributed by atoms with van der Waals surface area (Å²) in [6.45, 7) is 0. The highest BCUT2D eigenvalue weighted by atomic mass is 19.1. The number of hydrogen-bond acceptors (Lipinski definition) is 3. The van der Waals surface area contributed by atoms with Crippen LogP contribution in [-0.4, -0.2) is 7.11 Å². The van der Waals surface area contributed by atoms with Crippen LogP contribution in [0.4, 0.5) is 15.8 Å². The SMILES string of the molecule is COc1ccc(-c2cccc(N)c2N)c(F)c1. The summed E-state index contributed by atoms with van der Waals surface area (Å²) in [6.07, 6.45) is 0. The van der Waals surface area contributed by atoms with Gasteiger partial charge >= 0.3 is 0 Å². The second-order valence-corrected chi connectivity index (χ2v) is 3.65. The molecule has 0 spiro atoms. The Labute approximate surface area is 98.8 Å². The number of halogens is 1. The minimum Gasteiger partial charge on any atom is -0.497 e. The normalized spacial score (nSPS) is 10.2. The van der Waals surface area contributed by atoms with E-state index in [4.69, 9.17) is 16.2 Å². The van der Waals surface area contributed by atoms with Crippen LogP contribution in [-0.2, 0) is 0 Å². The fourth-order valence-electron chi connectivity index (χ4n) is 1.66. The van der Waals surface area contributed by atoms with Crippen molar-refractivity contribution in [3.05, 3.63) is 42.2 Å². The molecule has 0 aromatic heterocycles. The molecule has 2 aromatic carbocycles. The molecule has 0 amide bonds. The summed E-state index contributed by atoms with van der Waals surface area (Å²) in [5.74, 6) is 0.0791. The Hall–Kier alpha value is -2.23. The summed E-state index contributed by atoms with van der Waals surface area (Å²) in [5.41, 5.74) is 13.4. The number of hydrogen-bond donors (Lipinski definition) is 2. The monoisotopic (exact) mass is 232 g/mol. The lowest BCUT2D eigenvalue weighted by atomic mass is 10.0. The van der Waals surface area contributed by atoms with Gasteiger partial charge in [-0.3, -0.25) is 0 Å². The predicted molar refractivity (Wildman–Crippen MR) is 67.2 cm³/mol. The number of benzene rings is 2. The van der Waals surface area contributed by atoms with Gasteiger partial charge in [0.15, 0.2) is 0 Å². The van der Waals surface area contributed by atoms with Crippen molar-refractivity contribution in [2.45, 2.75) is 0 Å². The van der Waals surface area contributed by atoms with Crippen LogP contribution in [0, 0.1) is 5.82 Å². The highest BCUT2D eigenvalue weighted by Crippen LogP contribution is 2.33. The van der Waals surface area contributed by atoms with Crippen LogP contribution < -0.4 is 16.2 Å². The molecule has 0 aliphatic carbocycles. The summed E-state index contributed by atoms with van der Waals surface area (Å²) in [7, 11) is 1.49. The van der Waals surface area contributed by atoms with Gasteiger partial charge < -0.3 is 16.2 Å². The molecule has 4 N–H and O–H groups in total. The van der Waals surface area contributed by atoms with Gasteiger partial charge in [-0.1, -0.05) is 12.1 Å². The summed E-state index contributed by atoms with van der Waals surface area (Å²) >= 11 is 0. The smallest absolute Gasteiger partial charge is 0.134 e. The van der Waals surface area contributed by atoms with Crippen LogP contribution in [0.25, 0.3) is 11.1 Å². The average Bonchev–Trinajstić information content (AvgIpc) is 2.33. The number of methoxy groups -OCH3 is 1. The molecule has 3 nitrogen and oxygen atoms in total. The molecule has 0 aliphatic rings. The molecule has 0 unspecified atom stereocenters. The van der Waals surface area contributed by atoms with Gasteiger partial charge in [0.2, 0.25) is 0 Å². The molecular weight excluding hydrogens is 219 g/mol. The zero-order valence-corrected chi connectivity index (χ0v) is 9.41. The number of nitrogens with two attached hydrogens (primary N) is 2. The average molecular weight is 232 g/mol. The third-order valence-electron chi connectivity index (χ3n) is 2.61. The Morgan fingerprint density at radius 3 is 2.47 bits per heavy atom. The Bertz CT molecular complexity index is 555. The molecule has 0 aliphatic heterocycles. The van der Waals surface area contributed by atoms with Crippen molar-refractivity contribution in [3.63, 3.8) is 0 Å².